The van der Waals surface area contributed by atoms with Gasteiger partial charge in [-0.3, -0.25) is 9.59 Å². The largest absolute Gasteiger partial charge is 0.268 e. The molecule has 0 radical (unpaired) electrons. The standard InChI is InChI=1S/C20H12N4O2/c1-9-3-5-11-13(7-9)19(25)23-15(11)21-18-17(23)22-16-12-6-4-10(2)8-14(12)20(26)24(16)18/h3-8H,1-2H3. The molecule has 26 heavy (non-hydrogen) atoms. The predicted molar refractivity (Wildman–Crippen MR) is 101 cm³/mol. The highest BCUT2D eigenvalue weighted by atomic mass is 16.1. The number of nitrogens with zero attached hydrogens (tertiary/aromatic N) is 4. The number of aryl methyl sites for hydroxylation is 2. The van der Waals surface area contributed by atoms with E-state index >= 15 is 0 Å². The summed E-state index contributed by atoms with van der Waals surface area (Å²) < 4.78 is 3.04. The first-order chi connectivity index (χ1) is 12.5. The van der Waals surface area contributed by atoms with Crippen LogP contribution in [0, 0.1) is 13.8 Å². The zero-order chi connectivity index (χ0) is 17.7. The highest BCUT2D eigenvalue weighted by Gasteiger charge is 2.23. The third-order valence-corrected chi connectivity index (χ3v) is 5.17. The summed E-state index contributed by atoms with van der Waals surface area (Å²) in [4.78, 5) is 35.1. The van der Waals surface area contributed by atoms with Gasteiger partial charge in [-0.15, -0.1) is 0 Å². The molecular weight excluding hydrogens is 328 g/mol. The van der Waals surface area contributed by atoms with E-state index in [9.17, 15) is 9.59 Å². The van der Waals surface area contributed by atoms with Crippen molar-refractivity contribution in [2.24, 2.45) is 0 Å². The van der Waals surface area contributed by atoms with Gasteiger partial charge in [-0.1, -0.05) is 35.4 Å². The van der Waals surface area contributed by atoms with Crippen molar-refractivity contribution in [2.75, 3.05) is 0 Å². The number of imidazole rings is 2. The summed E-state index contributed by atoms with van der Waals surface area (Å²) in [6, 6.07) is 11.4. The molecule has 0 fully saturated rings. The van der Waals surface area contributed by atoms with Crippen molar-refractivity contribution in [2.45, 2.75) is 13.8 Å². The summed E-state index contributed by atoms with van der Waals surface area (Å²) in [6.07, 6.45) is 0. The number of hydrogen-bond acceptors (Lipinski definition) is 4. The van der Waals surface area contributed by atoms with Gasteiger partial charge < -0.3 is 0 Å². The molecule has 6 aromatic rings. The quantitative estimate of drug-likeness (QED) is 0.426. The number of benzene rings is 2. The van der Waals surface area contributed by atoms with E-state index in [1.54, 1.807) is 0 Å². The van der Waals surface area contributed by atoms with E-state index in [4.69, 9.17) is 0 Å². The van der Waals surface area contributed by atoms with Gasteiger partial charge >= 0.3 is 0 Å². The average Bonchev–Trinajstić information content (AvgIpc) is 3.28. The average molecular weight is 340 g/mol. The summed E-state index contributed by atoms with van der Waals surface area (Å²) in [7, 11) is 0. The Hall–Kier alpha value is -3.54. The molecule has 0 amide bonds. The number of hydrogen-bond donors (Lipinski definition) is 0. The number of fused-ring (bicyclic) bond motifs is 9. The van der Waals surface area contributed by atoms with Gasteiger partial charge in [0, 0.05) is 10.8 Å². The van der Waals surface area contributed by atoms with Crippen LogP contribution in [0.1, 0.15) is 11.1 Å². The summed E-state index contributed by atoms with van der Waals surface area (Å²) in [6.45, 7) is 3.90. The first-order valence-electron chi connectivity index (χ1n) is 8.37. The fourth-order valence-electron chi connectivity index (χ4n) is 3.95. The Balaban J connectivity index is 1.90. The molecule has 0 aliphatic carbocycles. The Morgan fingerprint density at radius 2 is 1.04 bits per heavy atom. The van der Waals surface area contributed by atoms with E-state index in [1.807, 2.05) is 50.2 Å². The van der Waals surface area contributed by atoms with Gasteiger partial charge in [0.1, 0.15) is 0 Å². The van der Waals surface area contributed by atoms with Crippen molar-refractivity contribution in [1.29, 1.82) is 0 Å². The lowest BCUT2D eigenvalue weighted by molar-refractivity contribution is 1.16. The monoisotopic (exact) mass is 340 g/mol. The van der Waals surface area contributed by atoms with Crippen molar-refractivity contribution < 1.29 is 0 Å². The van der Waals surface area contributed by atoms with E-state index in [0.29, 0.717) is 33.4 Å². The maximum absolute atomic E-state index is 12.9. The zero-order valence-corrected chi connectivity index (χ0v) is 14.1. The van der Waals surface area contributed by atoms with Gasteiger partial charge in [-0.2, -0.15) is 0 Å². The second kappa shape index (κ2) is 4.16. The molecule has 124 valence electrons. The topological polar surface area (TPSA) is 68.7 Å². The van der Waals surface area contributed by atoms with Gasteiger partial charge in [-0.05, 0) is 26.0 Å². The first-order valence-corrected chi connectivity index (χ1v) is 8.37. The minimum absolute atomic E-state index is 0.144. The van der Waals surface area contributed by atoms with Gasteiger partial charge in [0.05, 0.1) is 10.8 Å². The molecule has 4 aromatic heterocycles. The molecule has 0 aliphatic rings. The molecule has 0 N–H and O–H groups in total. The van der Waals surface area contributed by atoms with E-state index in [0.717, 1.165) is 21.9 Å². The van der Waals surface area contributed by atoms with Crippen LogP contribution in [0.25, 0.3) is 44.1 Å². The van der Waals surface area contributed by atoms with Crippen LogP contribution < -0.4 is 11.1 Å². The van der Waals surface area contributed by atoms with Crippen LogP contribution in [0.2, 0.25) is 0 Å². The SMILES string of the molecule is Cc1ccc2c(c1)c(=O)n1c2nc2c1nc1c3ccc(C)cc3c(=O)n12. The number of rotatable bonds is 0. The molecule has 6 rings (SSSR count). The molecule has 4 heterocycles. The highest BCUT2D eigenvalue weighted by molar-refractivity contribution is 6.03. The third kappa shape index (κ3) is 1.40. The lowest BCUT2D eigenvalue weighted by atomic mass is 10.1. The Bertz CT molecular complexity index is 1520. The lowest BCUT2D eigenvalue weighted by Crippen LogP contribution is -2.06. The summed E-state index contributed by atoms with van der Waals surface area (Å²) >= 11 is 0. The van der Waals surface area contributed by atoms with E-state index < -0.39 is 0 Å². The van der Waals surface area contributed by atoms with Crippen LogP contribution in [-0.2, 0) is 0 Å². The van der Waals surface area contributed by atoms with Crippen molar-refractivity contribution in [3.05, 3.63) is 68.2 Å². The van der Waals surface area contributed by atoms with Gasteiger partial charge in [0.25, 0.3) is 11.1 Å². The maximum atomic E-state index is 12.9. The van der Waals surface area contributed by atoms with Gasteiger partial charge in [0.2, 0.25) is 0 Å². The maximum Gasteiger partial charge on any atom is 0.266 e. The molecule has 0 spiro atoms. The highest BCUT2D eigenvalue weighted by Crippen LogP contribution is 2.27. The molecule has 0 atom stereocenters. The van der Waals surface area contributed by atoms with E-state index in [-0.39, 0.29) is 11.1 Å². The zero-order valence-electron chi connectivity index (χ0n) is 14.1. The smallest absolute Gasteiger partial charge is 0.266 e. The summed E-state index contributed by atoms with van der Waals surface area (Å²) in [5.74, 6) is 0. The fourth-order valence-corrected chi connectivity index (χ4v) is 3.95. The van der Waals surface area contributed by atoms with Crippen LogP contribution in [0.15, 0.2) is 46.0 Å². The Labute approximate surface area is 145 Å². The summed E-state index contributed by atoms with van der Waals surface area (Å²) in [5, 5.41) is 2.83. The van der Waals surface area contributed by atoms with Crippen LogP contribution >= 0.6 is 0 Å². The molecular formula is C20H12N4O2. The second-order valence-electron chi connectivity index (χ2n) is 6.90. The molecule has 0 saturated carbocycles. The normalized spacial score (nSPS) is 12.5. The van der Waals surface area contributed by atoms with Crippen LogP contribution in [0.3, 0.4) is 0 Å². The molecule has 2 aromatic carbocycles. The van der Waals surface area contributed by atoms with Gasteiger partial charge in [-0.25, -0.2) is 18.8 Å². The minimum atomic E-state index is -0.144. The van der Waals surface area contributed by atoms with Gasteiger partial charge in [0.15, 0.2) is 22.6 Å². The van der Waals surface area contributed by atoms with Crippen molar-refractivity contribution in [3.63, 3.8) is 0 Å². The van der Waals surface area contributed by atoms with Crippen LogP contribution in [-0.4, -0.2) is 18.8 Å². The fraction of sp³-hybridized carbons (Fsp3) is 0.100. The molecule has 0 bridgehead atoms. The van der Waals surface area contributed by atoms with Crippen LogP contribution in [0.5, 0.6) is 0 Å². The molecule has 6 heteroatoms. The molecule has 0 aliphatic heterocycles. The predicted octanol–water partition coefficient (Wildman–Crippen LogP) is 2.65. The minimum Gasteiger partial charge on any atom is -0.268 e. The van der Waals surface area contributed by atoms with E-state index in [2.05, 4.69) is 9.97 Å². The van der Waals surface area contributed by atoms with Crippen molar-refractivity contribution in [1.82, 2.24) is 18.8 Å². The Morgan fingerprint density at radius 3 is 1.46 bits per heavy atom. The molecule has 0 saturated heterocycles. The lowest BCUT2D eigenvalue weighted by Gasteiger charge is -1.90. The molecule has 0 unspecified atom stereocenters. The van der Waals surface area contributed by atoms with Crippen molar-refractivity contribution in [3.8, 4) is 0 Å². The Morgan fingerprint density at radius 1 is 0.615 bits per heavy atom. The third-order valence-electron chi connectivity index (χ3n) is 5.17. The van der Waals surface area contributed by atoms with Crippen LogP contribution in [0.4, 0.5) is 0 Å². The molecule has 6 nitrogen and oxygen atoms in total. The van der Waals surface area contributed by atoms with E-state index in [1.165, 1.54) is 8.80 Å². The second-order valence-corrected chi connectivity index (χ2v) is 6.90. The first kappa shape index (κ1) is 13.7. The van der Waals surface area contributed by atoms with Crippen molar-refractivity contribution >= 4 is 44.1 Å². The number of aromatic nitrogens is 4. The summed E-state index contributed by atoms with van der Waals surface area (Å²) in [5.41, 5.74) is 3.73. The Kier molecular flexibility index (Phi) is 2.20.